The predicted octanol–water partition coefficient (Wildman–Crippen LogP) is 0.0823. The largest absolute Gasteiger partial charge is 0.398 e. The molecule has 27 heavy (non-hydrogen) atoms. The van der Waals surface area contributed by atoms with Gasteiger partial charge in [-0.05, 0) is 42.5 Å². The highest BCUT2D eigenvalue weighted by atomic mass is 32.2. The Balaban J connectivity index is 2.31. The molecule has 0 bridgehead atoms. The minimum absolute atomic E-state index is 0.0584. The van der Waals surface area contributed by atoms with Crippen molar-refractivity contribution in [1.29, 1.82) is 0 Å². The van der Waals surface area contributed by atoms with Crippen LogP contribution < -0.4 is 10.5 Å². The summed E-state index contributed by atoms with van der Waals surface area (Å²) in [5, 5.41) is 8.75. The van der Waals surface area contributed by atoms with E-state index in [2.05, 4.69) is 4.72 Å². The van der Waals surface area contributed by atoms with E-state index in [1.807, 2.05) is 0 Å². The molecule has 0 aliphatic heterocycles. The van der Waals surface area contributed by atoms with Crippen molar-refractivity contribution in [3.8, 4) is 0 Å². The van der Waals surface area contributed by atoms with E-state index in [4.69, 9.17) is 15.4 Å². The van der Waals surface area contributed by atoms with Gasteiger partial charge in [0.2, 0.25) is 0 Å². The molecular formula is C14H16N2O8S3. The number of hydrogen-bond acceptors (Lipinski definition) is 8. The minimum Gasteiger partial charge on any atom is -0.398 e. The van der Waals surface area contributed by atoms with E-state index in [-0.39, 0.29) is 21.2 Å². The second-order valence-corrected chi connectivity index (χ2v) is 10.5. The first kappa shape index (κ1) is 21.1. The Morgan fingerprint density at radius 2 is 1.44 bits per heavy atom. The molecule has 0 aromatic heterocycles. The molecule has 10 nitrogen and oxygen atoms in total. The molecule has 0 spiro atoms. The summed E-state index contributed by atoms with van der Waals surface area (Å²) < 4.78 is 81.8. The summed E-state index contributed by atoms with van der Waals surface area (Å²) in [7, 11) is -12.4. The molecule has 0 unspecified atom stereocenters. The highest BCUT2D eigenvalue weighted by Gasteiger charge is 2.19. The Morgan fingerprint density at radius 1 is 0.889 bits per heavy atom. The lowest BCUT2D eigenvalue weighted by atomic mass is 10.3. The first-order chi connectivity index (χ1) is 12.4. The predicted molar refractivity (Wildman–Crippen MR) is 97.1 cm³/mol. The van der Waals surface area contributed by atoms with Crippen molar-refractivity contribution in [3.05, 3.63) is 42.5 Å². The highest BCUT2D eigenvalue weighted by Crippen LogP contribution is 2.24. The molecule has 2 aromatic rings. The van der Waals surface area contributed by atoms with Gasteiger partial charge >= 0.3 is 0 Å². The summed E-state index contributed by atoms with van der Waals surface area (Å²) >= 11 is 0. The maximum atomic E-state index is 12.4. The van der Waals surface area contributed by atoms with E-state index in [0.29, 0.717) is 0 Å². The Labute approximate surface area is 156 Å². The van der Waals surface area contributed by atoms with Gasteiger partial charge in [0.05, 0.1) is 33.5 Å². The Morgan fingerprint density at radius 3 is 1.93 bits per heavy atom. The fraction of sp³-hybridized carbons (Fsp3) is 0.143. The van der Waals surface area contributed by atoms with Gasteiger partial charge < -0.3 is 10.8 Å². The number of nitrogens with two attached hydrogens (primary N) is 1. The molecule has 2 aromatic carbocycles. The van der Waals surface area contributed by atoms with Crippen molar-refractivity contribution in [3.63, 3.8) is 0 Å². The van der Waals surface area contributed by atoms with Gasteiger partial charge in [0.15, 0.2) is 9.84 Å². The van der Waals surface area contributed by atoms with Crippen LogP contribution in [-0.2, 0) is 30.0 Å². The van der Waals surface area contributed by atoms with Crippen molar-refractivity contribution < 1.29 is 34.9 Å². The summed E-state index contributed by atoms with van der Waals surface area (Å²) in [4.78, 5) is -0.955. The van der Waals surface area contributed by atoms with Crippen LogP contribution in [0.15, 0.2) is 57.2 Å². The van der Waals surface area contributed by atoms with Crippen molar-refractivity contribution in [1.82, 2.24) is 0 Å². The van der Waals surface area contributed by atoms with Crippen LogP contribution in [0.5, 0.6) is 0 Å². The van der Waals surface area contributed by atoms with Crippen LogP contribution in [0.25, 0.3) is 0 Å². The van der Waals surface area contributed by atoms with E-state index < -0.39 is 47.2 Å². The van der Waals surface area contributed by atoms with Crippen molar-refractivity contribution in [2.45, 2.75) is 14.7 Å². The fourth-order valence-corrected chi connectivity index (χ4v) is 4.80. The van der Waals surface area contributed by atoms with Crippen molar-refractivity contribution in [2.75, 3.05) is 22.8 Å². The smallest absolute Gasteiger partial charge is 0.296 e. The molecule has 2 rings (SSSR count). The maximum absolute atomic E-state index is 12.4. The molecule has 5 N–H and O–H groups in total. The standard InChI is InChI=1S/C14H16N2O8S3/c15-13-9-10(1-6-14(13)27(22,23)24)16-26(20,21)12-4-2-11(3-5-12)25(18,19)8-7-17/h1-6,9,16-17H,7-8,15H2,(H,22,23,24). The van der Waals surface area contributed by atoms with Crippen LogP contribution in [0.3, 0.4) is 0 Å². The van der Waals surface area contributed by atoms with Crippen LogP contribution in [0.2, 0.25) is 0 Å². The van der Waals surface area contributed by atoms with Crippen LogP contribution in [-0.4, -0.2) is 47.3 Å². The number of sulfonamides is 1. The monoisotopic (exact) mass is 436 g/mol. The number of benzene rings is 2. The summed E-state index contributed by atoms with van der Waals surface area (Å²) in [5.74, 6) is -0.489. The fourth-order valence-electron chi connectivity index (χ4n) is 2.13. The molecule has 0 aliphatic rings. The number of hydrogen-bond donors (Lipinski definition) is 4. The minimum atomic E-state index is -4.55. The quantitative estimate of drug-likeness (QED) is 0.345. The zero-order valence-corrected chi connectivity index (χ0v) is 16.1. The number of sulfone groups is 1. The number of aliphatic hydroxyl groups excluding tert-OH is 1. The Bertz CT molecular complexity index is 1160. The lowest BCUT2D eigenvalue weighted by molar-refractivity contribution is 0.319. The van der Waals surface area contributed by atoms with E-state index in [9.17, 15) is 25.3 Å². The molecule has 0 saturated heterocycles. The van der Waals surface area contributed by atoms with Crippen LogP contribution in [0.1, 0.15) is 0 Å². The zero-order valence-electron chi connectivity index (χ0n) is 13.6. The molecule has 0 radical (unpaired) electrons. The van der Waals surface area contributed by atoms with Gasteiger partial charge in [0, 0.05) is 0 Å². The molecule has 148 valence electrons. The summed E-state index contributed by atoms with van der Waals surface area (Å²) in [6.45, 7) is -0.565. The summed E-state index contributed by atoms with van der Waals surface area (Å²) in [6, 6.07) is 7.38. The average molecular weight is 436 g/mol. The SMILES string of the molecule is Nc1cc(NS(=O)(=O)c2ccc(S(=O)(=O)CCO)cc2)ccc1S(=O)(=O)O. The number of nitrogens with one attached hydrogen (secondary N) is 1. The molecular weight excluding hydrogens is 420 g/mol. The van der Waals surface area contributed by atoms with E-state index in [1.165, 1.54) is 0 Å². The zero-order chi connectivity index (χ0) is 20.5. The van der Waals surface area contributed by atoms with Gasteiger partial charge in [0.1, 0.15) is 4.90 Å². The third-order valence-corrected chi connectivity index (χ3v) is 7.43. The number of rotatable bonds is 7. The van der Waals surface area contributed by atoms with Gasteiger partial charge in [-0.2, -0.15) is 8.42 Å². The van der Waals surface area contributed by atoms with Gasteiger partial charge in [-0.15, -0.1) is 0 Å². The normalized spacial score (nSPS) is 12.7. The molecule has 13 heteroatoms. The number of nitrogen functional groups attached to an aromatic ring is 1. The third-order valence-electron chi connectivity index (χ3n) is 3.39. The van der Waals surface area contributed by atoms with Crippen molar-refractivity contribution >= 4 is 41.4 Å². The number of anilines is 2. The van der Waals surface area contributed by atoms with Gasteiger partial charge in [0.25, 0.3) is 20.1 Å². The second-order valence-electron chi connectivity index (χ2n) is 5.35. The van der Waals surface area contributed by atoms with E-state index in [0.717, 1.165) is 42.5 Å². The van der Waals surface area contributed by atoms with Crippen molar-refractivity contribution in [2.24, 2.45) is 0 Å². The molecule has 0 fully saturated rings. The first-order valence-electron chi connectivity index (χ1n) is 7.20. The first-order valence-corrected chi connectivity index (χ1v) is 11.8. The lowest BCUT2D eigenvalue weighted by Gasteiger charge is -2.11. The number of aliphatic hydroxyl groups is 1. The molecule has 0 amide bonds. The molecule has 0 saturated carbocycles. The van der Waals surface area contributed by atoms with Gasteiger partial charge in [-0.3, -0.25) is 9.27 Å². The third kappa shape index (κ3) is 4.95. The van der Waals surface area contributed by atoms with Gasteiger partial charge in [-0.25, -0.2) is 16.8 Å². The van der Waals surface area contributed by atoms with Crippen LogP contribution in [0.4, 0.5) is 11.4 Å². The average Bonchev–Trinajstić information content (AvgIpc) is 2.53. The Kier molecular flexibility index (Phi) is 5.82. The molecule has 0 aliphatic carbocycles. The van der Waals surface area contributed by atoms with Crippen LogP contribution >= 0.6 is 0 Å². The highest BCUT2D eigenvalue weighted by molar-refractivity contribution is 7.93. The summed E-state index contributed by atoms with van der Waals surface area (Å²) in [5.41, 5.74) is 5.08. The summed E-state index contributed by atoms with van der Waals surface area (Å²) in [6.07, 6.45) is 0. The maximum Gasteiger partial charge on any atom is 0.296 e. The molecule has 0 atom stereocenters. The van der Waals surface area contributed by atoms with E-state index in [1.54, 1.807) is 0 Å². The topological polar surface area (TPSA) is 181 Å². The molecule has 0 heterocycles. The lowest BCUT2D eigenvalue weighted by Crippen LogP contribution is -2.14. The van der Waals surface area contributed by atoms with Crippen LogP contribution in [0, 0.1) is 0 Å². The van der Waals surface area contributed by atoms with Gasteiger partial charge in [-0.1, -0.05) is 0 Å². The Hall–Kier alpha value is -2.19. The van der Waals surface area contributed by atoms with E-state index >= 15 is 0 Å². The second kappa shape index (κ2) is 7.44.